The molecule has 2 N–H and O–H groups in total. The van der Waals surface area contributed by atoms with Crippen LogP contribution >= 0.6 is 0 Å². The molecule has 0 aromatic carbocycles. The van der Waals surface area contributed by atoms with E-state index in [1.807, 2.05) is 0 Å². The van der Waals surface area contributed by atoms with Gasteiger partial charge in [0.15, 0.2) is 0 Å². The Bertz CT molecular complexity index is 291. The van der Waals surface area contributed by atoms with E-state index in [2.05, 4.69) is 33.0 Å². The SMILES string of the molecule is COCC(C)NC1CCC(C(=O)O)C(C)(C)C1C. The fourth-order valence-electron chi connectivity index (χ4n) is 3.14. The third kappa shape index (κ3) is 3.23. The van der Waals surface area contributed by atoms with Crippen molar-refractivity contribution in [3.63, 3.8) is 0 Å². The molecule has 0 amide bonds. The molecule has 1 saturated carbocycles. The lowest BCUT2D eigenvalue weighted by molar-refractivity contribution is -0.150. The second kappa shape index (κ2) is 6.02. The van der Waals surface area contributed by atoms with E-state index in [9.17, 15) is 9.90 Å². The molecule has 0 aromatic heterocycles. The lowest BCUT2D eigenvalue weighted by Crippen LogP contribution is -2.53. The minimum Gasteiger partial charge on any atom is -0.481 e. The molecule has 0 aliphatic heterocycles. The summed E-state index contributed by atoms with van der Waals surface area (Å²) in [5, 5.41) is 12.9. The second-order valence-electron chi connectivity index (χ2n) is 6.21. The molecule has 1 rings (SSSR count). The molecule has 18 heavy (non-hydrogen) atoms. The molecule has 0 spiro atoms. The van der Waals surface area contributed by atoms with E-state index in [4.69, 9.17) is 4.74 Å². The van der Waals surface area contributed by atoms with E-state index in [-0.39, 0.29) is 11.3 Å². The summed E-state index contributed by atoms with van der Waals surface area (Å²) < 4.78 is 5.14. The Kier molecular flexibility index (Phi) is 5.17. The van der Waals surface area contributed by atoms with E-state index in [1.165, 1.54) is 0 Å². The number of hydrogen-bond acceptors (Lipinski definition) is 3. The van der Waals surface area contributed by atoms with Crippen LogP contribution in [0, 0.1) is 17.3 Å². The Hall–Kier alpha value is -0.610. The van der Waals surface area contributed by atoms with Crippen LogP contribution in [0.2, 0.25) is 0 Å². The molecule has 4 unspecified atom stereocenters. The zero-order chi connectivity index (χ0) is 13.9. The van der Waals surface area contributed by atoms with Gasteiger partial charge in [-0.2, -0.15) is 0 Å². The average Bonchev–Trinajstić information content (AvgIpc) is 2.24. The molecule has 0 aromatic rings. The van der Waals surface area contributed by atoms with Crippen molar-refractivity contribution in [1.82, 2.24) is 5.32 Å². The largest absolute Gasteiger partial charge is 0.481 e. The first kappa shape index (κ1) is 15.4. The number of carboxylic acid groups (broad SMARTS) is 1. The number of aliphatic carboxylic acids is 1. The maximum Gasteiger partial charge on any atom is 0.307 e. The van der Waals surface area contributed by atoms with Crippen LogP contribution in [-0.4, -0.2) is 36.9 Å². The van der Waals surface area contributed by atoms with Crippen LogP contribution in [0.4, 0.5) is 0 Å². The number of hydrogen-bond donors (Lipinski definition) is 2. The van der Waals surface area contributed by atoms with Gasteiger partial charge < -0.3 is 15.2 Å². The Morgan fingerprint density at radius 3 is 2.61 bits per heavy atom. The zero-order valence-corrected chi connectivity index (χ0v) is 12.2. The molecular formula is C14H27NO3. The monoisotopic (exact) mass is 257 g/mol. The molecule has 0 heterocycles. The number of carboxylic acids is 1. The second-order valence-corrected chi connectivity index (χ2v) is 6.21. The summed E-state index contributed by atoms with van der Waals surface area (Å²) in [4.78, 5) is 11.3. The molecule has 0 saturated heterocycles. The van der Waals surface area contributed by atoms with Crippen molar-refractivity contribution in [1.29, 1.82) is 0 Å². The van der Waals surface area contributed by atoms with Crippen molar-refractivity contribution in [3.05, 3.63) is 0 Å². The van der Waals surface area contributed by atoms with Crippen LogP contribution in [0.15, 0.2) is 0 Å². The molecule has 4 heteroatoms. The van der Waals surface area contributed by atoms with E-state index >= 15 is 0 Å². The van der Waals surface area contributed by atoms with Gasteiger partial charge in [-0.1, -0.05) is 20.8 Å². The number of methoxy groups -OCH3 is 1. The number of nitrogens with one attached hydrogen (secondary N) is 1. The van der Waals surface area contributed by atoms with Crippen molar-refractivity contribution >= 4 is 5.97 Å². The van der Waals surface area contributed by atoms with Crippen LogP contribution in [0.3, 0.4) is 0 Å². The standard InChI is InChI=1S/C14H27NO3/c1-9(8-18-5)15-12-7-6-11(13(16)17)14(3,4)10(12)2/h9-12,15H,6-8H2,1-5H3,(H,16,17). The predicted molar refractivity (Wildman–Crippen MR) is 71.6 cm³/mol. The van der Waals surface area contributed by atoms with E-state index in [0.717, 1.165) is 12.8 Å². The highest BCUT2D eigenvalue weighted by Gasteiger charge is 2.46. The lowest BCUT2D eigenvalue weighted by Gasteiger charge is -2.47. The van der Waals surface area contributed by atoms with E-state index < -0.39 is 5.97 Å². The Morgan fingerprint density at radius 1 is 1.50 bits per heavy atom. The molecule has 1 aliphatic carbocycles. The summed E-state index contributed by atoms with van der Waals surface area (Å²) in [5.41, 5.74) is -0.172. The van der Waals surface area contributed by atoms with Crippen LogP contribution < -0.4 is 5.32 Å². The van der Waals surface area contributed by atoms with Gasteiger partial charge in [0.25, 0.3) is 0 Å². The molecule has 4 atom stereocenters. The Balaban J connectivity index is 2.69. The molecule has 0 radical (unpaired) electrons. The third-order valence-corrected chi connectivity index (χ3v) is 4.65. The van der Waals surface area contributed by atoms with Gasteiger partial charge in [0, 0.05) is 19.2 Å². The summed E-state index contributed by atoms with van der Waals surface area (Å²) in [6.45, 7) is 9.10. The zero-order valence-electron chi connectivity index (χ0n) is 12.2. The summed E-state index contributed by atoms with van der Waals surface area (Å²) in [6, 6.07) is 0.681. The first-order valence-electron chi connectivity index (χ1n) is 6.78. The van der Waals surface area contributed by atoms with Gasteiger partial charge >= 0.3 is 5.97 Å². The van der Waals surface area contributed by atoms with E-state index in [1.54, 1.807) is 7.11 Å². The van der Waals surface area contributed by atoms with Crippen molar-refractivity contribution in [3.8, 4) is 0 Å². The molecule has 1 aliphatic rings. The maximum atomic E-state index is 11.3. The fraction of sp³-hybridized carbons (Fsp3) is 0.929. The van der Waals surface area contributed by atoms with Crippen molar-refractivity contribution in [2.24, 2.45) is 17.3 Å². The van der Waals surface area contributed by atoms with E-state index in [0.29, 0.717) is 24.6 Å². The fourth-order valence-corrected chi connectivity index (χ4v) is 3.14. The van der Waals surface area contributed by atoms with Gasteiger partial charge in [0.05, 0.1) is 12.5 Å². The smallest absolute Gasteiger partial charge is 0.307 e. The van der Waals surface area contributed by atoms with Gasteiger partial charge in [-0.3, -0.25) is 4.79 Å². The number of carbonyl (C=O) groups is 1. The minimum atomic E-state index is -0.657. The normalized spacial score (nSPS) is 33.1. The van der Waals surface area contributed by atoms with Gasteiger partial charge in [-0.25, -0.2) is 0 Å². The highest BCUT2D eigenvalue weighted by atomic mass is 16.5. The van der Waals surface area contributed by atoms with Crippen molar-refractivity contribution < 1.29 is 14.6 Å². The number of rotatable bonds is 5. The maximum absolute atomic E-state index is 11.3. The quantitative estimate of drug-likeness (QED) is 0.792. The van der Waals surface area contributed by atoms with Gasteiger partial charge in [-0.15, -0.1) is 0 Å². The highest BCUT2D eigenvalue weighted by Crippen LogP contribution is 2.45. The van der Waals surface area contributed by atoms with Crippen LogP contribution in [0.1, 0.15) is 40.5 Å². The first-order valence-corrected chi connectivity index (χ1v) is 6.78. The van der Waals surface area contributed by atoms with Crippen LogP contribution in [0.25, 0.3) is 0 Å². The summed E-state index contributed by atoms with van der Waals surface area (Å²) in [5.74, 6) is -0.551. The lowest BCUT2D eigenvalue weighted by atomic mass is 9.61. The van der Waals surface area contributed by atoms with Gasteiger partial charge in [0.2, 0.25) is 0 Å². The summed E-state index contributed by atoms with van der Waals surface area (Å²) in [7, 11) is 1.70. The minimum absolute atomic E-state index is 0.172. The molecule has 0 bridgehead atoms. The topological polar surface area (TPSA) is 58.6 Å². The number of ether oxygens (including phenoxy) is 1. The molecular weight excluding hydrogens is 230 g/mol. The third-order valence-electron chi connectivity index (χ3n) is 4.65. The van der Waals surface area contributed by atoms with Crippen LogP contribution in [-0.2, 0) is 9.53 Å². The highest BCUT2D eigenvalue weighted by molar-refractivity contribution is 5.71. The summed E-state index contributed by atoms with van der Waals surface area (Å²) in [6.07, 6.45) is 1.68. The molecule has 1 fully saturated rings. The van der Waals surface area contributed by atoms with Gasteiger partial charge in [0.1, 0.15) is 0 Å². The predicted octanol–water partition coefficient (Wildman–Crippen LogP) is 2.14. The molecule has 4 nitrogen and oxygen atoms in total. The Morgan fingerprint density at radius 2 is 2.11 bits per heavy atom. The first-order chi connectivity index (χ1) is 8.30. The molecule has 106 valence electrons. The Labute approximate surface area is 110 Å². The average molecular weight is 257 g/mol. The summed E-state index contributed by atoms with van der Waals surface area (Å²) >= 11 is 0. The van der Waals surface area contributed by atoms with Crippen molar-refractivity contribution in [2.45, 2.75) is 52.6 Å². The van der Waals surface area contributed by atoms with Gasteiger partial charge in [-0.05, 0) is 31.1 Å². The van der Waals surface area contributed by atoms with Crippen LogP contribution in [0.5, 0.6) is 0 Å². The van der Waals surface area contributed by atoms with Crippen molar-refractivity contribution in [2.75, 3.05) is 13.7 Å².